The van der Waals surface area contributed by atoms with E-state index in [0.29, 0.717) is 4.47 Å². The minimum atomic E-state index is -0.833. The standard InChI is InChI=1S/C6H4Br2O.C2H4O2/c7-4-1-2-6(9)5(8)3-4;1-2(3)4/h1-3,9H;1H3,(H,3,4). The summed E-state index contributed by atoms with van der Waals surface area (Å²) in [6, 6.07) is 5.18. The summed E-state index contributed by atoms with van der Waals surface area (Å²) in [7, 11) is 0. The van der Waals surface area contributed by atoms with E-state index in [9.17, 15) is 0 Å². The van der Waals surface area contributed by atoms with E-state index in [1.54, 1.807) is 18.2 Å². The zero-order valence-electron chi connectivity index (χ0n) is 6.79. The van der Waals surface area contributed by atoms with Gasteiger partial charge in [0.05, 0.1) is 4.47 Å². The van der Waals surface area contributed by atoms with Gasteiger partial charge in [-0.15, -0.1) is 0 Å². The lowest BCUT2D eigenvalue weighted by Crippen LogP contribution is -1.78. The molecule has 0 saturated carbocycles. The third-order valence-corrected chi connectivity index (χ3v) is 2.04. The van der Waals surface area contributed by atoms with Gasteiger partial charge >= 0.3 is 0 Å². The highest BCUT2D eigenvalue weighted by atomic mass is 79.9. The fourth-order valence-electron chi connectivity index (χ4n) is 0.481. The van der Waals surface area contributed by atoms with Crippen LogP contribution in [-0.4, -0.2) is 16.2 Å². The molecule has 5 heteroatoms. The van der Waals surface area contributed by atoms with Gasteiger partial charge in [-0.2, -0.15) is 0 Å². The number of carboxylic acids is 1. The number of rotatable bonds is 0. The first-order valence-corrected chi connectivity index (χ1v) is 4.85. The van der Waals surface area contributed by atoms with Crippen LogP contribution in [-0.2, 0) is 4.79 Å². The Balaban J connectivity index is 0.000000310. The lowest BCUT2D eigenvalue weighted by atomic mass is 10.3. The van der Waals surface area contributed by atoms with Gasteiger partial charge in [-0.1, -0.05) is 15.9 Å². The van der Waals surface area contributed by atoms with Crippen LogP contribution in [0, 0.1) is 0 Å². The first-order chi connectivity index (χ1) is 5.93. The summed E-state index contributed by atoms with van der Waals surface area (Å²) in [5.74, 6) is -0.571. The third kappa shape index (κ3) is 6.60. The van der Waals surface area contributed by atoms with Crippen LogP contribution >= 0.6 is 31.9 Å². The third-order valence-electron chi connectivity index (χ3n) is 0.910. The number of carboxylic acid groups (broad SMARTS) is 1. The summed E-state index contributed by atoms with van der Waals surface area (Å²) in [6.07, 6.45) is 0. The van der Waals surface area contributed by atoms with Crippen molar-refractivity contribution in [3.63, 3.8) is 0 Å². The van der Waals surface area contributed by atoms with Gasteiger partial charge in [0.15, 0.2) is 0 Å². The molecular weight excluding hydrogens is 304 g/mol. The predicted molar refractivity (Wildman–Crippen MR) is 56.8 cm³/mol. The maximum absolute atomic E-state index is 9.00. The normalized spacial score (nSPS) is 8.54. The Morgan fingerprint density at radius 3 is 2.15 bits per heavy atom. The SMILES string of the molecule is CC(=O)O.Oc1ccc(Br)cc1Br. The zero-order chi connectivity index (χ0) is 10.4. The first-order valence-electron chi connectivity index (χ1n) is 3.27. The number of aliphatic carboxylic acids is 1. The summed E-state index contributed by atoms with van der Waals surface area (Å²) in [6.45, 7) is 1.08. The molecule has 0 saturated heterocycles. The number of phenolic OH excluding ortho intramolecular Hbond substituents is 1. The van der Waals surface area contributed by atoms with E-state index in [-0.39, 0.29) is 5.75 Å². The van der Waals surface area contributed by atoms with E-state index in [4.69, 9.17) is 15.0 Å². The monoisotopic (exact) mass is 310 g/mol. The van der Waals surface area contributed by atoms with E-state index in [1.807, 2.05) is 0 Å². The summed E-state index contributed by atoms with van der Waals surface area (Å²) >= 11 is 6.42. The molecule has 3 nitrogen and oxygen atoms in total. The number of hydrogen-bond acceptors (Lipinski definition) is 2. The highest BCUT2D eigenvalue weighted by molar-refractivity contribution is 9.11. The molecule has 2 N–H and O–H groups in total. The van der Waals surface area contributed by atoms with Crippen molar-refractivity contribution >= 4 is 37.8 Å². The van der Waals surface area contributed by atoms with Crippen LogP contribution in [0.5, 0.6) is 5.75 Å². The second kappa shape index (κ2) is 5.99. The molecule has 1 rings (SSSR count). The lowest BCUT2D eigenvalue weighted by Gasteiger charge is -1.94. The lowest BCUT2D eigenvalue weighted by molar-refractivity contribution is -0.134. The Hall–Kier alpha value is -0.550. The molecule has 0 aliphatic heterocycles. The van der Waals surface area contributed by atoms with Gasteiger partial charge in [0.25, 0.3) is 5.97 Å². The molecule has 0 unspecified atom stereocenters. The van der Waals surface area contributed by atoms with Crippen LogP contribution in [0.4, 0.5) is 0 Å². The second-order valence-electron chi connectivity index (χ2n) is 2.11. The molecule has 13 heavy (non-hydrogen) atoms. The molecular formula is C8H8Br2O3. The maximum atomic E-state index is 9.00. The molecule has 0 amide bonds. The summed E-state index contributed by atoms with van der Waals surface area (Å²) in [4.78, 5) is 9.00. The van der Waals surface area contributed by atoms with Gasteiger partial charge in [0, 0.05) is 11.4 Å². The van der Waals surface area contributed by atoms with Crippen LogP contribution < -0.4 is 0 Å². The molecule has 1 aromatic carbocycles. The van der Waals surface area contributed by atoms with Crippen LogP contribution in [0.15, 0.2) is 27.1 Å². The topological polar surface area (TPSA) is 57.5 Å². The van der Waals surface area contributed by atoms with Crippen LogP contribution in [0.25, 0.3) is 0 Å². The Morgan fingerprint density at radius 1 is 1.38 bits per heavy atom. The molecule has 0 fully saturated rings. The van der Waals surface area contributed by atoms with Crippen molar-refractivity contribution in [1.29, 1.82) is 0 Å². The number of hydrogen-bond donors (Lipinski definition) is 2. The fourth-order valence-corrected chi connectivity index (χ4v) is 1.53. The first kappa shape index (κ1) is 12.4. The average molecular weight is 312 g/mol. The molecule has 72 valence electrons. The summed E-state index contributed by atoms with van der Waals surface area (Å²) < 4.78 is 1.66. The maximum Gasteiger partial charge on any atom is 0.300 e. The van der Waals surface area contributed by atoms with Crippen molar-refractivity contribution in [2.24, 2.45) is 0 Å². The number of aromatic hydroxyl groups is 1. The molecule has 0 atom stereocenters. The quantitative estimate of drug-likeness (QED) is 0.774. The number of halogens is 2. The van der Waals surface area contributed by atoms with Gasteiger partial charge in [-0.3, -0.25) is 4.79 Å². The molecule has 0 aromatic heterocycles. The Kier molecular flexibility index (Phi) is 5.73. The molecule has 1 aromatic rings. The molecule has 0 aliphatic rings. The van der Waals surface area contributed by atoms with Crippen molar-refractivity contribution in [2.45, 2.75) is 6.92 Å². The van der Waals surface area contributed by atoms with Crippen LogP contribution in [0.2, 0.25) is 0 Å². The minimum absolute atomic E-state index is 0.262. The molecule has 0 heterocycles. The highest BCUT2D eigenvalue weighted by Gasteiger charge is 1.94. The van der Waals surface area contributed by atoms with E-state index < -0.39 is 5.97 Å². The zero-order valence-corrected chi connectivity index (χ0v) is 9.96. The van der Waals surface area contributed by atoms with Crippen molar-refractivity contribution in [2.75, 3.05) is 0 Å². The molecule has 0 aliphatic carbocycles. The van der Waals surface area contributed by atoms with Crippen molar-refractivity contribution in [1.82, 2.24) is 0 Å². The summed E-state index contributed by atoms with van der Waals surface area (Å²) in [5, 5.41) is 16.4. The van der Waals surface area contributed by atoms with Crippen molar-refractivity contribution in [3.8, 4) is 5.75 Å². The average Bonchev–Trinajstić information content (AvgIpc) is 1.96. The molecule has 0 bridgehead atoms. The Bertz CT molecular complexity index is 295. The van der Waals surface area contributed by atoms with Gasteiger partial charge in [0.1, 0.15) is 5.75 Å². The van der Waals surface area contributed by atoms with Gasteiger partial charge in [0.2, 0.25) is 0 Å². The largest absolute Gasteiger partial charge is 0.507 e. The van der Waals surface area contributed by atoms with E-state index >= 15 is 0 Å². The van der Waals surface area contributed by atoms with Gasteiger partial charge in [-0.05, 0) is 34.1 Å². The molecule has 0 spiro atoms. The van der Waals surface area contributed by atoms with Gasteiger partial charge in [-0.25, -0.2) is 0 Å². The Morgan fingerprint density at radius 2 is 1.85 bits per heavy atom. The van der Waals surface area contributed by atoms with Gasteiger partial charge < -0.3 is 10.2 Å². The van der Waals surface area contributed by atoms with E-state index in [2.05, 4.69) is 31.9 Å². The Labute approximate surface area is 92.7 Å². The number of carbonyl (C=O) groups is 1. The van der Waals surface area contributed by atoms with Crippen molar-refractivity contribution < 1.29 is 15.0 Å². The number of phenols is 1. The van der Waals surface area contributed by atoms with Crippen LogP contribution in [0.1, 0.15) is 6.92 Å². The van der Waals surface area contributed by atoms with E-state index in [0.717, 1.165) is 11.4 Å². The summed E-state index contributed by atoms with van der Waals surface area (Å²) in [5.41, 5.74) is 0. The number of benzene rings is 1. The second-order valence-corrected chi connectivity index (χ2v) is 3.88. The van der Waals surface area contributed by atoms with E-state index in [1.165, 1.54) is 0 Å². The van der Waals surface area contributed by atoms with Crippen molar-refractivity contribution in [3.05, 3.63) is 27.1 Å². The van der Waals surface area contributed by atoms with Crippen LogP contribution in [0.3, 0.4) is 0 Å². The predicted octanol–water partition coefficient (Wildman–Crippen LogP) is 3.01. The minimum Gasteiger partial charge on any atom is -0.507 e. The molecule has 0 radical (unpaired) electrons. The highest BCUT2D eigenvalue weighted by Crippen LogP contribution is 2.26. The smallest absolute Gasteiger partial charge is 0.300 e. The fraction of sp³-hybridized carbons (Fsp3) is 0.125.